The van der Waals surface area contributed by atoms with Crippen LogP contribution in [0.2, 0.25) is 5.02 Å². The number of aliphatic carboxylic acids is 1. The predicted octanol–water partition coefficient (Wildman–Crippen LogP) is 3.18. The summed E-state index contributed by atoms with van der Waals surface area (Å²) in [7, 11) is -3.99. The van der Waals surface area contributed by atoms with E-state index in [0.29, 0.717) is 10.6 Å². The minimum absolute atomic E-state index is 0.0143. The molecule has 1 fully saturated rings. The number of halogens is 1. The standard InChI is InChI=1S/C18H14ClNO4S/c1-11-2-8-14(9-3-11)25(23,24)16-15(18(16,10-20)17(21)22)12-4-6-13(19)7-5-12/h2-9,15-16H,1H3,(H,21,22)/t15-,16+,18-/m1/s1. The van der Waals surface area contributed by atoms with Crippen LogP contribution in [0.15, 0.2) is 53.4 Å². The van der Waals surface area contributed by atoms with E-state index in [2.05, 4.69) is 0 Å². The van der Waals surface area contributed by atoms with Crippen LogP contribution >= 0.6 is 11.6 Å². The molecule has 0 unspecified atom stereocenters. The molecule has 0 aliphatic heterocycles. The highest BCUT2D eigenvalue weighted by atomic mass is 35.5. The molecule has 7 heteroatoms. The van der Waals surface area contributed by atoms with Crippen LogP contribution in [-0.2, 0) is 14.6 Å². The zero-order valence-electron chi connectivity index (χ0n) is 13.2. The number of nitriles is 1. The second kappa shape index (κ2) is 5.87. The van der Waals surface area contributed by atoms with E-state index < -0.39 is 32.4 Å². The average molecular weight is 376 g/mol. The largest absolute Gasteiger partial charge is 0.480 e. The van der Waals surface area contributed by atoms with Crippen LogP contribution in [0.1, 0.15) is 17.0 Å². The fourth-order valence-corrected chi connectivity index (χ4v) is 5.57. The molecule has 128 valence electrons. The van der Waals surface area contributed by atoms with Crippen LogP contribution in [0.5, 0.6) is 0 Å². The molecule has 5 nitrogen and oxygen atoms in total. The van der Waals surface area contributed by atoms with Gasteiger partial charge in [0.2, 0.25) is 0 Å². The average Bonchev–Trinajstić information content (AvgIpc) is 3.27. The molecule has 0 saturated heterocycles. The Labute approximate surface area is 150 Å². The molecular weight excluding hydrogens is 362 g/mol. The van der Waals surface area contributed by atoms with Crippen LogP contribution in [-0.4, -0.2) is 24.7 Å². The van der Waals surface area contributed by atoms with Crippen molar-refractivity contribution in [2.75, 3.05) is 0 Å². The molecule has 0 aromatic heterocycles. The highest BCUT2D eigenvalue weighted by Crippen LogP contribution is 2.64. The molecule has 1 aliphatic rings. The molecule has 0 spiro atoms. The maximum absolute atomic E-state index is 13.0. The smallest absolute Gasteiger partial charge is 0.326 e. The Balaban J connectivity index is 2.12. The maximum Gasteiger partial charge on any atom is 0.326 e. The van der Waals surface area contributed by atoms with E-state index in [1.54, 1.807) is 42.5 Å². The van der Waals surface area contributed by atoms with Crippen LogP contribution in [0.3, 0.4) is 0 Å². The van der Waals surface area contributed by atoms with Gasteiger partial charge in [-0.2, -0.15) is 5.26 Å². The third kappa shape index (κ3) is 2.60. The van der Waals surface area contributed by atoms with Crippen molar-refractivity contribution in [1.29, 1.82) is 5.26 Å². The molecule has 0 radical (unpaired) electrons. The van der Waals surface area contributed by atoms with E-state index in [-0.39, 0.29) is 4.90 Å². The van der Waals surface area contributed by atoms with Crippen molar-refractivity contribution in [3.63, 3.8) is 0 Å². The van der Waals surface area contributed by atoms with Gasteiger partial charge in [-0.05, 0) is 36.8 Å². The lowest BCUT2D eigenvalue weighted by atomic mass is 10.0. The summed E-state index contributed by atoms with van der Waals surface area (Å²) in [6.07, 6.45) is 0. The second-order valence-corrected chi connectivity index (χ2v) is 8.60. The lowest BCUT2D eigenvalue weighted by Crippen LogP contribution is -2.22. The third-order valence-electron chi connectivity index (χ3n) is 4.58. The molecule has 3 atom stereocenters. The Hall–Kier alpha value is -2.36. The molecule has 2 aromatic rings. The number of nitrogens with zero attached hydrogens (tertiary/aromatic N) is 1. The molecule has 1 saturated carbocycles. The van der Waals surface area contributed by atoms with Gasteiger partial charge in [0.15, 0.2) is 15.3 Å². The van der Waals surface area contributed by atoms with Crippen molar-refractivity contribution in [2.24, 2.45) is 5.41 Å². The van der Waals surface area contributed by atoms with Gasteiger partial charge in [-0.1, -0.05) is 41.4 Å². The fourth-order valence-electron chi connectivity index (χ4n) is 3.20. The van der Waals surface area contributed by atoms with Crippen molar-refractivity contribution in [3.8, 4) is 6.07 Å². The first-order valence-corrected chi connectivity index (χ1v) is 9.38. The van der Waals surface area contributed by atoms with E-state index in [0.717, 1.165) is 5.56 Å². The van der Waals surface area contributed by atoms with Gasteiger partial charge in [0, 0.05) is 10.9 Å². The van der Waals surface area contributed by atoms with Gasteiger partial charge < -0.3 is 5.11 Å². The molecule has 3 rings (SSSR count). The topological polar surface area (TPSA) is 95.2 Å². The lowest BCUT2D eigenvalue weighted by molar-refractivity contribution is -0.141. The molecule has 1 aliphatic carbocycles. The lowest BCUT2D eigenvalue weighted by Gasteiger charge is -2.05. The van der Waals surface area contributed by atoms with Gasteiger partial charge in [0.05, 0.1) is 11.0 Å². The quantitative estimate of drug-likeness (QED) is 0.885. The van der Waals surface area contributed by atoms with Crippen LogP contribution in [0.4, 0.5) is 0 Å². The second-order valence-electron chi connectivity index (χ2n) is 6.09. The Morgan fingerprint density at radius 1 is 1.16 bits per heavy atom. The van der Waals surface area contributed by atoms with E-state index >= 15 is 0 Å². The Morgan fingerprint density at radius 3 is 2.20 bits per heavy atom. The Bertz CT molecular complexity index is 977. The molecule has 0 bridgehead atoms. The number of rotatable bonds is 4. The SMILES string of the molecule is Cc1ccc(S(=O)(=O)[C@H]2[C@@H](c3ccc(Cl)cc3)[C@@]2(C#N)C(=O)O)cc1. The van der Waals surface area contributed by atoms with Crippen molar-refractivity contribution < 1.29 is 18.3 Å². The van der Waals surface area contributed by atoms with Crippen molar-refractivity contribution >= 4 is 27.4 Å². The summed E-state index contributed by atoms with van der Waals surface area (Å²) >= 11 is 5.84. The summed E-state index contributed by atoms with van der Waals surface area (Å²) in [4.78, 5) is 11.8. The van der Waals surface area contributed by atoms with Crippen molar-refractivity contribution in [2.45, 2.75) is 23.0 Å². The minimum atomic E-state index is -3.99. The fraction of sp³-hybridized carbons (Fsp3) is 0.222. The number of benzene rings is 2. The first-order valence-electron chi connectivity index (χ1n) is 7.46. The summed E-state index contributed by atoms with van der Waals surface area (Å²) in [5, 5.41) is 18.2. The highest BCUT2D eigenvalue weighted by molar-refractivity contribution is 7.92. The number of carboxylic acid groups (broad SMARTS) is 1. The van der Waals surface area contributed by atoms with Crippen molar-refractivity contribution in [1.82, 2.24) is 0 Å². The zero-order valence-corrected chi connectivity index (χ0v) is 14.8. The minimum Gasteiger partial charge on any atom is -0.480 e. The zero-order chi connectivity index (χ0) is 18.4. The summed E-state index contributed by atoms with van der Waals surface area (Å²) in [6, 6.07) is 14.1. The first-order chi connectivity index (χ1) is 11.7. The van der Waals surface area contributed by atoms with E-state index in [1.165, 1.54) is 12.1 Å². The third-order valence-corrected chi connectivity index (χ3v) is 7.08. The molecule has 25 heavy (non-hydrogen) atoms. The van der Waals surface area contributed by atoms with Gasteiger partial charge in [0.1, 0.15) is 5.25 Å². The molecule has 2 aromatic carbocycles. The van der Waals surface area contributed by atoms with Gasteiger partial charge >= 0.3 is 5.97 Å². The Morgan fingerprint density at radius 2 is 1.72 bits per heavy atom. The van der Waals surface area contributed by atoms with E-state index in [1.807, 2.05) is 6.92 Å². The summed E-state index contributed by atoms with van der Waals surface area (Å²) in [5.74, 6) is -2.38. The van der Waals surface area contributed by atoms with Crippen LogP contribution < -0.4 is 0 Å². The van der Waals surface area contributed by atoms with E-state index in [4.69, 9.17) is 11.6 Å². The van der Waals surface area contributed by atoms with Gasteiger partial charge in [0.25, 0.3) is 0 Å². The highest BCUT2D eigenvalue weighted by Gasteiger charge is 2.77. The van der Waals surface area contributed by atoms with Gasteiger partial charge in [-0.15, -0.1) is 0 Å². The van der Waals surface area contributed by atoms with Crippen molar-refractivity contribution in [3.05, 3.63) is 64.7 Å². The monoisotopic (exact) mass is 375 g/mol. The number of hydrogen-bond donors (Lipinski definition) is 1. The summed E-state index contributed by atoms with van der Waals surface area (Å²) < 4.78 is 26.0. The summed E-state index contributed by atoms with van der Waals surface area (Å²) in [5.41, 5.74) is -0.653. The molecule has 1 N–H and O–H groups in total. The normalized spacial score (nSPS) is 25.2. The van der Waals surface area contributed by atoms with Crippen LogP contribution in [0, 0.1) is 23.7 Å². The Kier molecular flexibility index (Phi) is 4.10. The van der Waals surface area contributed by atoms with E-state index in [9.17, 15) is 23.6 Å². The summed E-state index contributed by atoms with van der Waals surface area (Å²) in [6.45, 7) is 1.82. The number of hydrogen-bond acceptors (Lipinski definition) is 4. The molecule has 0 heterocycles. The van der Waals surface area contributed by atoms with Crippen LogP contribution in [0.25, 0.3) is 0 Å². The number of sulfone groups is 1. The number of carboxylic acids is 1. The number of aryl methyl sites for hydroxylation is 1. The first kappa shape index (κ1) is 17.5. The van der Waals surface area contributed by atoms with Gasteiger partial charge in [-0.3, -0.25) is 4.79 Å². The number of carbonyl (C=O) groups is 1. The predicted molar refractivity (Wildman–Crippen MR) is 92.0 cm³/mol. The molecular formula is C18H14ClNO4S. The van der Waals surface area contributed by atoms with Gasteiger partial charge in [-0.25, -0.2) is 8.42 Å². The maximum atomic E-state index is 13.0. The molecule has 0 amide bonds.